The summed E-state index contributed by atoms with van der Waals surface area (Å²) in [5, 5.41) is 10.1. The topological polar surface area (TPSA) is 89.0 Å². The van der Waals surface area contributed by atoms with Crippen LogP contribution < -0.4 is 5.32 Å². The third-order valence-electron chi connectivity index (χ3n) is 2.89. The van der Waals surface area contributed by atoms with E-state index in [2.05, 4.69) is 15.5 Å². The van der Waals surface area contributed by atoms with Gasteiger partial charge in [-0.25, -0.2) is 0 Å². The average molecular weight is 329 g/mol. The summed E-state index contributed by atoms with van der Waals surface area (Å²) in [4.78, 5) is 34.8. The van der Waals surface area contributed by atoms with Gasteiger partial charge in [0, 0.05) is 5.56 Å². The molecule has 1 aromatic carbocycles. The molecular formula is C16H15N3O3S. The fraction of sp³-hybridized carbons (Fsp3) is 0.188. The molecule has 6 nitrogen and oxygen atoms in total. The number of anilines is 1. The molecule has 2 aromatic rings. The minimum absolute atomic E-state index is 0.231. The standard InChI is InChI=1S/C16H15N3O3S/c1-10(20)15(11(2)21)23-14-9-8-13(18-19-14)17-16(22)12-6-4-3-5-7-12/h3-9,15H,1-2H3,(H,17,18,22). The quantitative estimate of drug-likeness (QED) is 0.646. The summed E-state index contributed by atoms with van der Waals surface area (Å²) in [6.45, 7) is 2.72. The molecule has 0 radical (unpaired) electrons. The Kier molecular flexibility index (Phi) is 5.59. The highest BCUT2D eigenvalue weighted by Gasteiger charge is 2.21. The maximum atomic E-state index is 12.0. The zero-order valence-corrected chi connectivity index (χ0v) is 13.5. The first-order chi connectivity index (χ1) is 11.0. The van der Waals surface area contributed by atoms with Crippen molar-refractivity contribution in [3.63, 3.8) is 0 Å². The molecule has 1 aromatic heterocycles. The van der Waals surface area contributed by atoms with Crippen molar-refractivity contribution in [1.29, 1.82) is 0 Å². The summed E-state index contributed by atoms with van der Waals surface area (Å²) in [6.07, 6.45) is 0. The van der Waals surface area contributed by atoms with Crippen LogP contribution in [0.5, 0.6) is 0 Å². The molecule has 23 heavy (non-hydrogen) atoms. The lowest BCUT2D eigenvalue weighted by molar-refractivity contribution is -0.123. The number of carbonyl (C=O) groups is 3. The Morgan fingerprint density at radius 1 is 0.957 bits per heavy atom. The minimum Gasteiger partial charge on any atom is -0.305 e. The number of benzene rings is 1. The number of ketones is 2. The minimum atomic E-state index is -0.783. The highest BCUT2D eigenvalue weighted by Crippen LogP contribution is 2.22. The van der Waals surface area contributed by atoms with E-state index in [0.29, 0.717) is 16.4 Å². The molecule has 0 atom stereocenters. The molecule has 1 heterocycles. The number of rotatable bonds is 6. The zero-order valence-electron chi connectivity index (χ0n) is 12.6. The van der Waals surface area contributed by atoms with E-state index in [0.717, 1.165) is 11.8 Å². The number of nitrogens with zero attached hydrogens (tertiary/aromatic N) is 2. The molecule has 0 aliphatic heterocycles. The van der Waals surface area contributed by atoms with Crippen LogP contribution in [-0.4, -0.2) is 32.9 Å². The van der Waals surface area contributed by atoms with Crippen molar-refractivity contribution in [3.8, 4) is 0 Å². The van der Waals surface area contributed by atoms with E-state index >= 15 is 0 Å². The van der Waals surface area contributed by atoms with Crippen LogP contribution in [0.2, 0.25) is 0 Å². The number of hydrogen-bond acceptors (Lipinski definition) is 6. The number of nitrogens with one attached hydrogen (secondary N) is 1. The molecule has 7 heteroatoms. The number of amides is 1. The summed E-state index contributed by atoms with van der Waals surface area (Å²) < 4.78 is 0. The van der Waals surface area contributed by atoms with Gasteiger partial charge < -0.3 is 5.32 Å². The van der Waals surface area contributed by atoms with Gasteiger partial charge in [-0.05, 0) is 38.1 Å². The number of hydrogen-bond donors (Lipinski definition) is 1. The molecule has 0 aliphatic carbocycles. The van der Waals surface area contributed by atoms with Crippen LogP contribution in [0.3, 0.4) is 0 Å². The Labute approximate surface area is 137 Å². The maximum absolute atomic E-state index is 12.0. The largest absolute Gasteiger partial charge is 0.305 e. The van der Waals surface area contributed by atoms with Gasteiger partial charge in [0.25, 0.3) is 5.91 Å². The Balaban J connectivity index is 2.03. The number of Topliss-reactive ketones (excluding diaryl/α,β-unsaturated/α-hetero) is 2. The van der Waals surface area contributed by atoms with Crippen LogP contribution in [0, 0.1) is 0 Å². The van der Waals surface area contributed by atoms with E-state index in [4.69, 9.17) is 0 Å². The third-order valence-corrected chi connectivity index (χ3v) is 4.25. The van der Waals surface area contributed by atoms with Crippen molar-refractivity contribution >= 4 is 35.1 Å². The molecule has 0 aliphatic rings. The molecular weight excluding hydrogens is 314 g/mol. The van der Waals surface area contributed by atoms with E-state index in [9.17, 15) is 14.4 Å². The van der Waals surface area contributed by atoms with E-state index in [1.807, 2.05) is 6.07 Å². The van der Waals surface area contributed by atoms with E-state index in [-0.39, 0.29) is 17.5 Å². The molecule has 118 valence electrons. The van der Waals surface area contributed by atoms with Crippen LogP contribution >= 0.6 is 11.8 Å². The predicted molar refractivity (Wildman–Crippen MR) is 87.4 cm³/mol. The van der Waals surface area contributed by atoms with Crippen LogP contribution in [-0.2, 0) is 9.59 Å². The Hall–Kier alpha value is -2.54. The van der Waals surface area contributed by atoms with Crippen LogP contribution in [0.25, 0.3) is 0 Å². The van der Waals surface area contributed by atoms with Crippen LogP contribution in [0.1, 0.15) is 24.2 Å². The van der Waals surface area contributed by atoms with Gasteiger partial charge in [-0.15, -0.1) is 10.2 Å². The van der Waals surface area contributed by atoms with Crippen LogP contribution in [0.15, 0.2) is 47.5 Å². The first kappa shape index (κ1) is 16.8. The smallest absolute Gasteiger partial charge is 0.256 e. The van der Waals surface area contributed by atoms with Gasteiger partial charge in [0.05, 0.1) is 0 Å². The highest BCUT2D eigenvalue weighted by molar-refractivity contribution is 8.01. The summed E-state index contributed by atoms with van der Waals surface area (Å²) in [5.41, 5.74) is 0.515. The lowest BCUT2D eigenvalue weighted by Gasteiger charge is -2.09. The van der Waals surface area contributed by atoms with Gasteiger partial charge in [0.1, 0.15) is 10.3 Å². The molecule has 0 spiro atoms. The molecule has 0 unspecified atom stereocenters. The SMILES string of the molecule is CC(=O)C(Sc1ccc(NC(=O)c2ccccc2)nn1)C(C)=O. The second-order valence-electron chi connectivity index (χ2n) is 4.80. The van der Waals surface area contributed by atoms with Gasteiger partial charge in [-0.1, -0.05) is 30.0 Å². The summed E-state index contributed by atoms with van der Waals surface area (Å²) >= 11 is 1.04. The summed E-state index contributed by atoms with van der Waals surface area (Å²) in [7, 11) is 0. The Morgan fingerprint density at radius 2 is 1.61 bits per heavy atom. The lowest BCUT2D eigenvalue weighted by atomic mass is 10.2. The van der Waals surface area contributed by atoms with Gasteiger partial charge in [0.15, 0.2) is 17.4 Å². The Morgan fingerprint density at radius 3 is 2.13 bits per heavy atom. The van der Waals surface area contributed by atoms with Gasteiger partial charge in [-0.2, -0.15) is 0 Å². The fourth-order valence-electron chi connectivity index (χ4n) is 1.80. The third kappa shape index (κ3) is 4.72. The first-order valence-corrected chi connectivity index (χ1v) is 7.73. The molecule has 0 saturated heterocycles. The molecule has 2 rings (SSSR count). The number of carbonyl (C=O) groups excluding carboxylic acids is 3. The van der Waals surface area contributed by atoms with Crippen molar-refractivity contribution in [2.75, 3.05) is 5.32 Å². The lowest BCUT2D eigenvalue weighted by Crippen LogP contribution is -2.22. The number of thioether (sulfide) groups is 1. The molecule has 1 amide bonds. The van der Waals surface area contributed by atoms with Crippen molar-refractivity contribution < 1.29 is 14.4 Å². The van der Waals surface area contributed by atoms with Crippen molar-refractivity contribution in [2.24, 2.45) is 0 Å². The maximum Gasteiger partial charge on any atom is 0.256 e. The van der Waals surface area contributed by atoms with E-state index in [1.165, 1.54) is 13.8 Å². The van der Waals surface area contributed by atoms with Crippen molar-refractivity contribution in [1.82, 2.24) is 10.2 Å². The second kappa shape index (κ2) is 7.64. The summed E-state index contributed by atoms with van der Waals surface area (Å²) in [6, 6.07) is 11.9. The highest BCUT2D eigenvalue weighted by atomic mass is 32.2. The van der Waals surface area contributed by atoms with Gasteiger partial charge in [-0.3, -0.25) is 14.4 Å². The fourth-order valence-corrected chi connectivity index (χ4v) is 2.61. The van der Waals surface area contributed by atoms with Crippen LogP contribution in [0.4, 0.5) is 5.82 Å². The molecule has 1 N–H and O–H groups in total. The predicted octanol–water partition coefficient (Wildman–Crippen LogP) is 2.37. The van der Waals surface area contributed by atoms with Crippen molar-refractivity contribution in [2.45, 2.75) is 24.1 Å². The first-order valence-electron chi connectivity index (χ1n) is 6.85. The molecule has 0 fully saturated rings. The average Bonchev–Trinajstić information content (AvgIpc) is 2.54. The Bertz CT molecular complexity index is 703. The number of aromatic nitrogens is 2. The van der Waals surface area contributed by atoms with E-state index in [1.54, 1.807) is 36.4 Å². The second-order valence-corrected chi connectivity index (χ2v) is 5.92. The monoisotopic (exact) mass is 329 g/mol. The van der Waals surface area contributed by atoms with Crippen molar-refractivity contribution in [3.05, 3.63) is 48.0 Å². The van der Waals surface area contributed by atoms with Gasteiger partial charge >= 0.3 is 0 Å². The van der Waals surface area contributed by atoms with E-state index < -0.39 is 5.25 Å². The molecule has 0 saturated carbocycles. The molecule has 0 bridgehead atoms. The zero-order chi connectivity index (χ0) is 16.8. The van der Waals surface area contributed by atoms with Gasteiger partial charge in [0.2, 0.25) is 0 Å². The summed E-state index contributed by atoms with van der Waals surface area (Å²) in [5.74, 6) is -0.451. The normalized spacial score (nSPS) is 10.4.